The molecule has 0 saturated carbocycles. The van der Waals surface area contributed by atoms with Gasteiger partial charge in [0.2, 0.25) is 5.91 Å². The predicted molar refractivity (Wildman–Crippen MR) is 148 cm³/mol. The van der Waals surface area contributed by atoms with Gasteiger partial charge in [0, 0.05) is 20.0 Å². The third-order valence-electron chi connectivity index (χ3n) is 7.07. The van der Waals surface area contributed by atoms with Gasteiger partial charge in [0.25, 0.3) is 0 Å². The molecule has 0 aliphatic carbocycles. The first-order valence-corrected chi connectivity index (χ1v) is 13.3. The van der Waals surface area contributed by atoms with E-state index in [1.807, 2.05) is 71.0 Å². The van der Waals surface area contributed by atoms with Crippen molar-refractivity contribution in [2.45, 2.75) is 64.7 Å². The van der Waals surface area contributed by atoms with E-state index in [0.717, 1.165) is 11.3 Å². The van der Waals surface area contributed by atoms with Gasteiger partial charge in [-0.3, -0.25) is 9.36 Å². The molecule has 5 atom stereocenters. The number of hydrogen-bond acceptors (Lipinski definition) is 9. The Morgan fingerprint density at radius 1 is 1.15 bits per heavy atom. The number of aliphatic hydroxyl groups is 1. The maximum Gasteiger partial charge on any atom is 0.224 e. The number of aliphatic hydroxyl groups excluding tert-OH is 1. The Labute approximate surface area is 229 Å². The highest BCUT2D eigenvalue weighted by Crippen LogP contribution is 2.34. The lowest BCUT2D eigenvalue weighted by Gasteiger charge is -2.27. The number of hydrogen-bond donors (Lipinski definition) is 2. The van der Waals surface area contributed by atoms with Crippen molar-refractivity contribution in [3.05, 3.63) is 42.5 Å². The van der Waals surface area contributed by atoms with Gasteiger partial charge in [0.15, 0.2) is 23.2 Å². The van der Waals surface area contributed by atoms with Gasteiger partial charge in [-0.25, -0.2) is 15.0 Å². The molecule has 0 spiro atoms. The Hall–Kier alpha value is -3.28. The number of nitrogens with zero attached hydrogens (tertiary/aromatic N) is 5. The van der Waals surface area contributed by atoms with Gasteiger partial charge in [-0.05, 0) is 43.9 Å². The normalized spacial score (nSPS) is 22.0. The SMILES string of the molecule is COc1ccc(CC(C(=O)NC2C(O)C(COC(C)C)OC2n2cnc3c(N(C)C)ncnc32)C(C)C)cc1. The van der Waals surface area contributed by atoms with Crippen LogP contribution in [-0.4, -0.2) is 82.7 Å². The highest BCUT2D eigenvalue weighted by molar-refractivity contribution is 5.83. The number of methoxy groups -OCH3 is 1. The number of benzene rings is 1. The van der Waals surface area contributed by atoms with Crippen LogP contribution in [0.1, 0.15) is 39.5 Å². The summed E-state index contributed by atoms with van der Waals surface area (Å²) < 4.78 is 19.1. The summed E-state index contributed by atoms with van der Waals surface area (Å²) in [6.07, 6.45) is 1.22. The zero-order chi connectivity index (χ0) is 28.3. The lowest BCUT2D eigenvalue weighted by molar-refractivity contribution is -0.128. The second-order valence-corrected chi connectivity index (χ2v) is 10.8. The van der Waals surface area contributed by atoms with Crippen molar-refractivity contribution in [3.63, 3.8) is 0 Å². The highest BCUT2D eigenvalue weighted by atomic mass is 16.6. The fraction of sp³-hybridized carbons (Fsp3) is 0.571. The van der Waals surface area contributed by atoms with E-state index < -0.39 is 24.5 Å². The number of carbonyl (C=O) groups is 1. The number of amides is 1. The van der Waals surface area contributed by atoms with Crippen LogP contribution in [0, 0.1) is 11.8 Å². The summed E-state index contributed by atoms with van der Waals surface area (Å²) in [4.78, 5) is 28.9. The van der Waals surface area contributed by atoms with Crippen LogP contribution in [0.4, 0.5) is 5.82 Å². The minimum Gasteiger partial charge on any atom is -0.497 e. The minimum atomic E-state index is -1.00. The zero-order valence-electron chi connectivity index (χ0n) is 23.7. The van der Waals surface area contributed by atoms with E-state index in [1.165, 1.54) is 6.33 Å². The number of rotatable bonds is 11. The maximum absolute atomic E-state index is 13.7. The van der Waals surface area contributed by atoms with Crippen LogP contribution in [0.2, 0.25) is 0 Å². The van der Waals surface area contributed by atoms with Gasteiger partial charge in [-0.1, -0.05) is 26.0 Å². The molecule has 1 amide bonds. The van der Waals surface area contributed by atoms with Crippen molar-refractivity contribution in [2.24, 2.45) is 11.8 Å². The molecule has 5 unspecified atom stereocenters. The molecular weight excluding hydrogens is 500 g/mol. The number of fused-ring (bicyclic) bond motifs is 1. The first kappa shape index (κ1) is 28.7. The summed E-state index contributed by atoms with van der Waals surface area (Å²) in [7, 11) is 5.39. The monoisotopic (exact) mass is 540 g/mol. The first-order valence-electron chi connectivity index (χ1n) is 13.3. The van der Waals surface area contributed by atoms with Gasteiger partial charge in [-0.15, -0.1) is 0 Å². The number of carbonyl (C=O) groups excluding carboxylic acids is 1. The standard InChI is InChI=1S/C28H40N6O5/c1-16(2)20(12-18-8-10-19(37-7)11-9-18)27(36)32-22-24(35)21(13-38-17(3)4)39-28(22)34-15-31-23-25(33(5)6)29-14-30-26(23)34/h8-11,14-17,20-22,24,28,35H,12-13H2,1-7H3,(H,32,36). The summed E-state index contributed by atoms with van der Waals surface area (Å²) in [6, 6.07) is 6.98. The van der Waals surface area contributed by atoms with Crippen molar-refractivity contribution < 1.29 is 24.1 Å². The molecule has 1 saturated heterocycles. The van der Waals surface area contributed by atoms with Gasteiger partial charge in [-0.2, -0.15) is 0 Å². The molecule has 4 rings (SSSR count). The topological polar surface area (TPSA) is 124 Å². The van der Waals surface area contributed by atoms with Crippen LogP contribution in [0.3, 0.4) is 0 Å². The van der Waals surface area contributed by atoms with Crippen molar-refractivity contribution >= 4 is 22.9 Å². The van der Waals surface area contributed by atoms with Crippen molar-refractivity contribution in [1.29, 1.82) is 0 Å². The Morgan fingerprint density at radius 2 is 1.87 bits per heavy atom. The second-order valence-electron chi connectivity index (χ2n) is 10.8. The zero-order valence-corrected chi connectivity index (χ0v) is 23.7. The van der Waals surface area contributed by atoms with E-state index in [0.29, 0.717) is 23.4 Å². The Morgan fingerprint density at radius 3 is 2.49 bits per heavy atom. The van der Waals surface area contributed by atoms with Crippen LogP contribution in [0.15, 0.2) is 36.9 Å². The van der Waals surface area contributed by atoms with Crippen LogP contribution < -0.4 is 15.0 Å². The number of imidazole rings is 1. The Kier molecular flexibility index (Phi) is 9.04. The fourth-order valence-electron chi connectivity index (χ4n) is 4.84. The molecule has 212 valence electrons. The van der Waals surface area contributed by atoms with Crippen LogP contribution in [0.5, 0.6) is 5.75 Å². The van der Waals surface area contributed by atoms with E-state index in [-0.39, 0.29) is 30.5 Å². The number of anilines is 1. The van der Waals surface area contributed by atoms with Crippen molar-refractivity contribution in [2.75, 3.05) is 32.7 Å². The molecule has 1 aromatic carbocycles. The second kappa shape index (κ2) is 12.3. The maximum atomic E-state index is 13.7. The van der Waals surface area contributed by atoms with E-state index in [1.54, 1.807) is 18.0 Å². The molecule has 39 heavy (non-hydrogen) atoms. The summed E-state index contributed by atoms with van der Waals surface area (Å²) >= 11 is 0. The Balaban J connectivity index is 1.62. The van der Waals surface area contributed by atoms with Crippen LogP contribution >= 0.6 is 0 Å². The molecule has 0 radical (unpaired) electrons. The lowest BCUT2D eigenvalue weighted by atomic mass is 9.88. The van der Waals surface area contributed by atoms with E-state index >= 15 is 0 Å². The highest BCUT2D eigenvalue weighted by Gasteiger charge is 2.47. The summed E-state index contributed by atoms with van der Waals surface area (Å²) in [6.45, 7) is 8.08. The average Bonchev–Trinajstić information content (AvgIpc) is 3.46. The van der Waals surface area contributed by atoms with E-state index in [9.17, 15) is 9.90 Å². The minimum absolute atomic E-state index is 0.0350. The van der Waals surface area contributed by atoms with E-state index in [2.05, 4.69) is 20.3 Å². The van der Waals surface area contributed by atoms with Crippen molar-refractivity contribution in [1.82, 2.24) is 24.8 Å². The lowest BCUT2D eigenvalue weighted by Crippen LogP contribution is -2.49. The Bertz CT molecular complexity index is 1240. The summed E-state index contributed by atoms with van der Waals surface area (Å²) in [5, 5.41) is 14.5. The largest absolute Gasteiger partial charge is 0.497 e. The molecule has 11 nitrogen and oxygen atoms in total. The first-order chi connectivity index (χ1) is 18.6. The fourth-order valence-corrected chi connectivity index (χ4v) is 4.84. The summed E-state index contributed by atoms with van der Waals surface area (Å²) in [5.74, 6) is 1.02. The predicted octanol–water partition coefficient (Wildman–Crippen LogP) is 2.58. The molecule has 0 bridgehead atoms. The molecule has 3 heterocycles. The van der Waals surface area contributed by atoms with Gasteiger partial charge in [0.1, 0.15) is 30.3 Å². The third-order valence-corrected chi connectivity index (χ3v) is 7.07. The molecule has 1 fully saturated rings. The van der Waals surface area contributed by atoms with Crippen molar-refractivity contribution in [3.8, 4) is 5.75 Å². The molecule has 2 aromatic heterocycles. The summed E-state index contributed by atoms with van der Waals surface area (Å²) in [5.41, 5.74) is 2.18. The molecule has 1 aliphatic rings. The number of aromatic nitrogens is 4. The third kappa shape index (κ3) is 6.32. The van der Waals surface area contributed by atoms with Crippen LogP contribution in [0.25, 0.3) is 11.2 Å². The number of ether oxygens (including phenoxy) is 3. The molecule has 3 aromatic rings. The molecule has 2 N–H and O–H groups in total. The van der Waals surface area contributed by atoms with Crippen LogP contribution in [-0.2, 0) is 20.7 Å². The molecular formula is C28H40N6O5. The molecule has 1 aliphatic heterocycles. The van der Waals surface area contributed by atoms with Gasteiger partial charge < -0.3 is 29.5 Å². The number of nitrogens with one attached hydrogen (secondary N) is 1. The quantitative estimate of drug-likeness (QED) is 0.378. The van der Waals surface area contributed by atoms with Gasteiger partial charge >= 0.3 is 0 Å². The smallest absolute Gasteiger partial charge is 0.224 e. The average molecular weight is 541 g/mol. The van der Waals surface area contributed by atoms with E-state index in [4.69, 9.17) is 14.2 Å². The van der Waals surface area contributed by atoms with Gasteiger partial charge in [0.05, 0.1) is 26.1 Å². The molecule has 11 heteroatoms.